The Kier molecular flexibility index (Phi) is 4.65. The lowest BCUT2D eigenvalue weighted by Crippen LogP contribution is -2.30. The summed E-state index contributed by atoms with van der Waals surface area (Å²) < 4.78 is 4.66. The van der Waals surface area contributed by atoms with Crippen LogP contribution in [0.5, 0.6) is 0 Å². The van der Waals surface area contributed by atoms with E-state index >= 15 is 0 Å². The molecule has 0 spiro atoms. The standard InChI is InChI=1S/C19H19N3O4S/c1-2-26-18(25)16(23)21-19-20-14(10-27-19)12-5-6-15-13(9-12)7-8-22(15)17(24)11-3-4-11/h5-6,9-11H,2-4,7-8H2,1H3,(H,20,21,23). The lowest BCUT2D eigenvalue weighted by Gasteiger charge is -2.17. The molecule has 1 N–H and O–H groups in total. The molecule has 0 saturated heterocycles. The second-order valence-corrected chi connectivity index (χ2v) is 7.43. The van der Waals surface area contributed by atoms with E-state index in [0.717, 1.165) is 42.6 Å². The number of fused-ring (bicyclic) bond motifs is 1. The minimum atomic E-state index is -0.924. The van der Waals surface area contributed by atoms with E-state index in [-0.39, 0.29) is 18.4 Å². The number of rotatable bonds is 4. The van der Waals surface area contributed by atoms with Crippen molar-refractivity contribution in [3.63, 3.8) is 0 Å². The molecule has 0 atom stereocenters. The zero-order valence-corrected chi connectivity index (χ0v) is 15.7. The van der Waals surface area contributed by atoms with E-state index in [9.17, 15) is 14.4 Å². The molecule has 1 aromatic heterocycles. The summed E-state index contributed by atoms with van der Waals surface area (Å²) in [6.45, 7) is 2.51. The van der Waals surface area contributed by atoms with Crippen LogP contribution in [0.15, 0.2) is 23.6 Å². The molecule has 1 aromatic carbocycles. The maximum atomic E-state index is 12.4. The molecule has 140 valence electrons. The van der Waals surface area contributed by atoms with Gasteiger partial charge in [0, 0.05) is 29.1 Å². The van der Waals surface area contributed by atoms with E-state index in [0.29, 0.717) is 10.8 Å². The summed E-state index contributed by atoms with van der Waals surface area (Å²) in [7, 11) is 0. The fourth-order valence-corrected chi connectivity index (χ4v) is 3.86. The van der Waals surface area contributed by atoms with Crippen LogP contribution in [0.2, 0.25) is 0 Å². The molecule has 1 fully saturated rings. The molecule has 0 unspecified atom stereocenters. The summed E-state index contributed by atoms with van der Waals surface area (Å²) >= 11 is 1.24. The molecule has 0 radical (unpaired) electrons. The van der Waals surface area contributed by atoms with Crippen molar-refractivity contribution >= 4 is 39.9 Å². The van der Waals surface area contributed by atoms with Gasteiger partial charge in [0.25, 0.3) is 0 Å². The van der Waals surface area contributed by atoms with Crippen LogP contribution >= 0.6 is 11.3 Å². The first-order valence-corrected chi connectivity index (χ1v) is 9.83. The van der Waals surface area contributed by atoms with Gasteiger partial charge in [0.1, 0.15) is 0 Å². The molecule has 2 aromatic rings. The van der Waals surface area contributed by atoms with E-state index in [4.69, 9.17) is 0 Å². The molecule has 0 bridgehead atoms. The Balaban J connectivity index is 1.49. The van der Waals surface area contributed by atoms with Crippen molar-refractivity contribution in [1.82, 2.24) is 4.98 Å². The molecule has 8 heteroatoms. The number of amides is 2. The van der Waals surface area contributed by atoms with Crippen molar-refractivity contribution < 1.29 is 19.1 Å². The molecular weight excluding hydrogens is 366 g/mol. The summed E-state index contributed by atoms with van der Waals surface area (Å²) in [6.07, 6.45) is 2.84. The van der Waals surface area contributed by atoms with Gasteiger partial charge in [-0.15, -0.1) is 11.3 Å². The van der Waals surface area contributed by atoms with E-state index < -0.39 is 11.9 Å². The summed E-state index contributed by atoms with van der Waals surface area (Å²) in [5.74, 6) is -1.31. The Morgan fingerprint density at radius 3 is 2.89 bits per heavy atom. The molecule has 1 aliphatic heterocycles. The van der Waals surface area contributed by atoms with Crippen LogP contribution in [0, 0.1) is 5.92 Å². The Bertz CT molecular complexity index is 919. The van der Waals surface area contributed by atoms with Gasteiger partial charge in [0.2, 0.25) is 5.91 Å². The third-order valence-electron chi connectivity index (χ3n) is 4.65. The average molecular weight is 385 g/mol. The number of carbonyl (C=O) groups is 3. The number of esters is 1. The molecule has 7 nitrogen and oxygen atoms in total. The third-order valence-corrected chi connectivity index (χ3v) is 5.41. The Morgan fingerprint density at radius 2 is 2.15 bits per heavy atom. The van der Waals surface area contributed by atoms with Gasteiger partial charge in [-0.05, 0) is 43.9 Å². The number of ether oxygens (including phenoxy) is 1. The summed E-state index contributed by atoms with van der Waals surface area (Å²) in [4.78, 5) is 41.7. The first kappa shape index (κ1) is 17.7. The molecule has 2 amide bonds. The summed E-state index contributed by atoms with van der Waals surface area (Å²) in [5, 5.41) is 4.62. The molecule has 1 saturated carbocycles. The fraction of sp³-hybridized carbons (Fsp3) is 0.368. The Hall–Kier alpha value is -2.74. The van der Waals surface area contributed by atoms with Crippen LogP contribution in [0.3, 0.4) is 0 Å². The van der Waals surface area contributed by atoms with Gasteiger partial charge in [-0.25, -0.2) is 9.78 Å². The number of nitrogens with zero attached hydrogens (tertiary/aromatic N) is 2. The highest BCUT2D eigenvalue weighted by Crippen LogP contribution is 2.38. The first-order chi connectivity index (χ1) is 13.1. The van der Waals surface area contributed by atoms with Crippen LogP contribution in [-0.4, -0.2) is 35.9 Å². The van der Waals surface area contributed by atoms with Crippen LogP contribution in [0.1, 0.15) is 25.3 Å². The van der Waals surface area contributed by atoms with E-state index in [1.165, 1.54) is 11.3 Å². The fourth-order valence-electron chi connectivity index (χ4n) is 3.15. The van der Waals surface area contributed by atoms with Crippen LogP contribution in [0.4, 0.5) is 10.8 Å². The minimum absolute atomic E-state index is 0.144. The lowest BCUT2D eigenvalue weighted by molar-refractivity contribution is -0.152. The predicted molar refractivity (Wildman–Crippen MR) is 102 cm³/mol. The Labute approximate surface area is 160 Å². The molecule has 2 aliphatic rings. The number of carbonyl (C=O) groups excluding carboxylic acids is 3. The van der Waals surface area contributed by atoms with Crippen molar-refractivity contribution in [3.8, 4) is 11.3 Å². The third kappa shape index (κ3) is 3.57. The largest absolute Gasteiger partial charge is 0.459 e. The summed E-state index contributed by atoms with van der Waals surface area (Å²) in [6, 6.07) is 5.94. The first-order valence-electron chi connectivity index (χ1n) is 8.95. The number of benzene rings is 1. The molecule has 27 heavy (non-hydrogen) atoms. The monoisotopic (exact) mass is 385 g/mol. The number of hydrogen-bond donors (Lipinski definition) is 1. The highest BCUT2D eigenvalue weighted by Gasteiger charge is 2.36. The average Bonchev–Trinajstić information content (AvgIpc) is 3.27. The normalized spacial score (nSPS) is 15.4. The van der Waals surface area contributed by atoms with Crippen molar-refractivity contribution in [2.75, 3.05) is 23.4 Å². The van der Waals surface area contributed by atoms with Gasteiger partial charge >= 0.3 is 11.9 Å². The predicted octanol–water partition coefficient (Wildman–Crippen LogP) is 2.61. The number of nitrogens with one attached hydrogen (secondary N) is 1. The summed E-state index contributed by atoms with van der Waals surface area (Å²) in [5.41, 5.74) is 3.75. The van der Waals surface area contributed by atoms with Crippen LogP contribution < -0.4 is 10.2 Å². The molecular formula is C19H19N3O4S. The minimum Gasteiger partial charge on any atom is -0.459 e. The number of anilines is 2. The van der Waals surface area contributed by atoms with E-state index in [1.807, 2.05) is 28.5 Å². The lowest BCUT2D eigenvalue weighted by atomic mass is 10.1. The van der Waals surface area contributed by atoms with Gasteiger partial charge in [-0.3, -0.25) is 14.9 Å². The van der Waals surface area contributed by atoms with Gasteiger partial charge in [0.15, 0.2) is 5.13 Å². The second kappa shape index (κ2) is 7.11. The molecule has 1 aliphatic carbocycles. The number of hydrogen-bond acceptors (Lipinski definition) is 6. The van der Waals surface area contributed by atoms with Crippen molar-refractivity contribution in [1.29, 1.82) is 0 Å². The SMILES string of the molecule is CCOC(=O)C(=O)Nc1nc(-c2ccc3c(c2)CCN3C(=O)C2CC2)cs1. The van der Waals surface area contributed by atoms with Gasteiger partial charge < -0.3 is 9.64 Å². The maximum absolute atomic E-state index is 12.4. The topological polar surface area (TPSA) is 88.6 Å². The highest BCUT2D eigenvalue weighted by molar-refractivity contribution is 7.14. The van der Waals surface area contributed by atoms with E-state index in [1.54, 1.807) is 6.92 Å². The smallest absolute Gasteiger partial charge is 0.397 e. The van der Waals surface area contributed by atoms with Gasteiger partial charge in [-0.2, -0.15) is 0 Å². The van der Waals surface area contributed by atoms with Crippen molar-refractivity contribution in [3.05, 3.63) is 29.1 Å². The van der Waals surface area contributed by atoms with Gasteiger partial charge in [0.05, 0.1) is 12.3 Å². The molecule has 4 rings (SSSR count). The van der Waals surface area contributed by atoms with Crippen LogP contribution in [0.25, 0.3) is 11.3 Å². The quantitative estimate of drug-likeness (QED) is 0.646. The van der Waals surface area contributed by atoms with Gasteiger partial charge in [-0.1, -0.05) is 6.07 Å². The second-order valence-electron chi connectivity index (χ2n) is 6.57. The zero-order chi connectivity index (χ0) is 19.0. The number of aromatic nitrogens is 1. The van der Waals surface area contributed by atoms with Crippen molar-refractivity contribution in [2.45, 2.75) is 26.2 Å². The highest BCUT2D eigenvalue weighted by atomic mass is 32.1. The Morgan fingerprint density at radius 1 is 1.33 bits per heavy atom. The molecule has 2 heterocycles. The number of thiazole rings is 1. The van der Waals surface area contributed by atoms with E-state index in [2.05, 4.69) is 15.0 Å². The van der Waals surface area contributed by atoms with Crippen LogP contribution in [-0.2, 0) is 25.5 Å². The maximum Gasteiger partial charge on any atom is 0.397 e. The van der Waals surface area contributed by atoms with Crippen molar-refractivity contribution in [2.24, 2.45) is 5.92 Å². The zero-order valence-electron chi connectivity index (χ0n) is 14.9.